The van der Waals surface area contributed by atoms with Gasteiger partial charge in [-0.1, -0.05) is 13.8 Å². The summed E-state index contributed by atoms with van der Waals surface area (Å²) in [6.07, 6.45) is 4.13. The van der Waals surface area contributed by atoms with Crippen molar-refractivity contribution in [2.24, 2.45) is 0 Å². The van der Waals surface area contributed by atoms with Crippen LogP contribution >= 0.6 is 0 Å². The molecule has 0 aliphatic carbocycles. The van der Waals surface area contributed by atoms with Crippen LogP contribution in [0, 0.1) is 6.92 Å². The molecule has 1 fully saturated rings. The molecule has 1 N–H and O–H groups in total. The highest BCUT2D eigenvalue weighted by Gasteiger charge is 2.35. The van der Waals surface area contributed by atoms with Gasteiger partial charge >= 0.3 is 0 Å². The van der Waals surface area contributed by atoms with Crippen LogP contribution in [0.25, 0.3) is 0 Å². The van der Waals surface area contributed by atoms with Crippen LogP contribution in [0.5, 0.6) is 0 Å². The number of hydrogen-bond acceptors (Lipinski definition) is 4. The van der Waals surface area contributed by atoms with Gasteiger partial charge in [0.05, 0.1) is 12.7 Å². The van der Waals surface area contributed by atoms with E-state index in [4.69, 9.17) is 4.42 Å². The molecule has 1 aliphatic rings. The van der Waals surface area contributed by atoms with Crippen molar-refractivity contribution in [3.05, 3.63) is 17.8 Å². The van der Waals surface area contributed by atoms with E-state index in [1.807, 2.05) is 6.92 Å². The lowest BCUT2D eigenvalue weighted by Crippen LogP contribution is -2.62. The van der Waals surface area contributed by atoms with Crippen molar-refractivity contribution in [3.63, 3.8) is 0 Å². The van der Waals surface area contributed by atoms with Crippen LogP contribution in [0.4, 0.5) is 0 Å². The molecule has 102 valence electrons. The van der Waals surface area contributed by atoms with Gasteiger partial charge in [-0.15, -0.1) is 0 Å². The zero-order valence-corrected chi connectivity index (χ0v) is 12.0. The van der Waals surface area contributed by atoms with E-state index in [1.54, 1.807) is 6.20 Å². The molecule has 4 nitrogen and oxygen atoms in total. The topological polar surface area (TPSA) is 41.3 Å². The molecule has 0 amide bonds. The molecule has 0 bridgehead atoms. The first-order chi connectivity index (χ1) is 8.58. The molecular weight excluding hydrogens is 226 g/mol. The van der Waals surface area contributed by atoms with E-state index in [-0.39, 0.29) is 5.54 Å². The maximum absolute atomic E-state index is 5.60. The van der Waals surface area contributed by atoms with Gasteiger partial charge in [0.25, 0.3) is 0 Å². The number of oxazole rings is 1. The maximum Gasteiger partial charge on any atom is 0.208 e. The molecule has 4 heteroatoms. The Morgan fingerprint density at radius 1 is 1.50 bits per heavy atom. The molecule has 1 atom stereocenters. The quantitative estimate of drug-likeness (QED) is 0.892. The van der Waals surface area contributed by atoms with E-state index in [2.05, 4.69) is 36.0 Å². The highest BCUT2D eigenvalue weighted by Crippen LogP contribution is 2.23. The number of rotatable bonds is 4. The first kappa shape index (κ1) is 13.6. The first-order valence-electron chi connectivity index (χ1n) is 6.99. The molecule has 0 radical (unpaired) electrons. The average Bonchev–Trinajstić information content (AvgIpc) is 2.78. The van der Waals surface area contributed by atoms with Crippen LogP contribution in [0.1, 0.15) is 45.3 Å². The minimum atomic E-state index is 0.258. The van der Waals surface area contributed by atoms with Crippen molar-refractivity contribution in [1.29, 1.82) is 0 Å². The smallest absolute Gasteiger partial charge is 0.208 e. The summed E-state index contributed by atoms with van der Waals surface area (Å²) < 4.78 is 5.60. The zero-order chi connectivity index (χ0) is 13.2. The molecule has 0 aromatic carbocycles. The van der Waals surface area contributed by atoms with E-state index >= 15 is 0 Å². The van der Waals surface area contributed by atoms with E-state index < -0.39 is 0 Å². The summed E-state index contributed by atoms with van der Waals surface area (Å²) in [6, 6.07) is 0.531. The summed E-state index contributed by atoms with van der Waals surface area (Å²) in [6.45, 7) is 11.7. The Morgan fingerprint density at radius 2 is 2.22 bits per heavy atom. The van der Waals surface area contributed by atoms with Crippen LogP contribution in [0.2, 0.25) is 0 Å². The number of aromatic nitrogens is 1. The van der Waals surface area contributed by atoms with Crippen LogP contribution in [0.3, 0.4) is 0 Å². The summed E-state index contributed by atoms with van der Waals surface area (Å²) in [5.41, 5.74) is 0.258. The van der Waals surface area contributed by atoms with Gasteiger partial charge in [0.1, 0.15) is 5.76 Å². The van der Waals surface area contributed by atoms with Crippen molar-refractivity contribution in [2.75, 3.05) is 13.1 Å². The fraction of sp³-hybridized carbons (Fsp3) is 0.786. The number of piperazine rings is 1. The van der Waals surface area contributed by atoms with E-state index in [0.29, 0.717) is 6.04 Å². The summed E-state index contributed by atoms with van der Waals surface area (Å²) in [5.74, 6) is 1.73. The third kappa shape index (κ3) is 2.75. The standard InChI is InChI=1S/C14H25N3O/c1-5-14(6-2)10-17(11(3)7-16-14)9-13-15-8-12(4)18-13/h8,11,16H,5-7,9-10H2,1-4H3. The van der Waals surface area contributed by atoms with E-state index in [0.717, 1.165) is 44.1 Å². The van der Waals surface area contributed by atoms with Gasteiger partial charge in [-0.2, -0.15) is 0 Å². The van der Waals surface area contributed by atoms with Gasteiger partial charge in [0.15, 0.2) is 0 Å². The Kier molecular flexibility index (Phi) is 4.07. The van der Waals surface area contributed by atoms with Gasteiger partial charge in [0, 0.05) is 24.7 Å². The average molecular weight is 251 g/mol. The Labute approximate surface area is 110 Å². The van der Waals surface area contributed by atoms with Gasteiger partial charge in [-0.05, 0) is 26.7 Å². The summed E-state index contributed by atoms with van der Waals surface area (Å²) in [5, 5.41) is 3.71. The fourth-order valence-electron chi connectivity index (χ4n) is 2.68. The number of nitrogens with one attached hydrogen (secondary N) is 1. The lowest BCUT2D eigenvalue weighted by Gasteiger charge is -2.46. The van der Waals surface area contributed by atoms with Crippen molar-refractivity contribution in [2.45, 2.75) is 58.7 Å². The van der Waals surface area contributed by atoms with Crippen molar-refractivity contribution >= 4 is 0 Å². The number of nitrogens with zero attached hydrogens (tertiary/aromatic N) is 2. The molecule has 1 aliphatic heterocycles. The van der Waals surface area contributed by atoms with Crippen LogP contribution in [-0.4, -0.2) is 34.6 Å². The lowest BCUT2D eigenvalue weighted by atomic mass is 9.89. The zero-order valence-electron chi connectivity index (χ0n) is 12.0. The summed E-state index contributed by atoms with van der Waals surface area (Å²) in [4.78, 5) is 6.80. The van der Waals surface area contributed by atoms with E-state index in [9.17, 15) is 0 Å². The van der Waals surface area contributed by atoms with Crippen LogP contribution in [-0.2, 0) is 6.54 Å². The third-order valence-corrected chi connectivity index (χ3v) is 4.26. The highest BCUT2D eigenvalue weighted by molar-refractivity contribution is 4.98. The molecule has 0 spiro atoms. The van der Waals surface area contributed by atoms with E-state index in [1.165, 1.54) is 0 Å². The molecule has 2 rings (SSSR count). The summed E-state index contributed by atoms with van der Waals surface area (Å²) >= 11 is 0. The summed E-state index contributed by atoms with van der Waals surface area (Å²) in [7, 11) is 0. The Balaban J connectivity index is 2.05. The minimum Gasteiger partial charge on any atom is -0.445 e. The highest BCUT2D eigenvalue weighted by atomic mass is 16.4. The van der Waals surface area contributed by atoms with Gasteiger partial charge in [-0.25, -0.2) is 4.98 Å². The second kappa shape index (κ2) is 5.41. The van der Waals surface area contributed by atoms with Crippen molar-refractivity contribution < 1.29 is 4.42 Å². The first-order valence-corrected chi connectivity index (χ1v) is 6.99. The molecule has 1 aromatic rings. The molecule has 1 unspecified atom stereocenters. The van der Waals surface area contributed by atoms with Crippen molar-refractivity contribution in [3.8, 4) is 0 Å². The second-order valence-electron chi connectivity index (χ2n) is 5.49. The monoisotopic (exact) mass is 251 g/mol. The van der Waals surface area contributed by atoms with Crippen molar-refractivity contribution in [1.82, 2.24) is 15.2 Å². The fourth-order valence-corrected chi connectivity index (χ4v) is 2.68. The lowest BCUT2D eigenvalue weighted by molar-refractivity contribution is 0.0673. The third-order valence-electron chi connectivity index (χ3n) is 4.26. The molecule has 2 heterocycles. The maximum atomic E-state index is 5.60. The predicted molar refractivity (Wildman–Crippen MR) is 72.4 cm³/mol. The second-order valence-corrected chi connectivity index (χ2v) is 5.49. The minimum absolute atomic E-state index is 0.258. The Morgan fingerprint density at radius 3 is 2.78 bits per heavy atom. The Hall–Kier alpha value is -0.870. The van der Waals surface area contributed by atoms with Gasteiger partial charge < -0.3 is 9.73 Å². The molecule has 18 heavy (non-hydrogen) atoms. The normalized spacial score (nSPS) is 24.3. The molecule has 1 saturated heterocycles. The Bertz CT molecular complexity index is 384. The predicted octanol–water partition coefficient (Wildman–Crippen LogP) is 2.34. The number of aryl methyl sites for hydroxylation is 1. The van der Waals surface area contributed by atoms with Crippen LogP contribution in [0.15, 0.2) is 10.6 Å². The van der Waals surface area contributed by atoms with Gasteiger partial charge in [-0.3, -0.25) is 4.90 Å². The van der Waals surface area contributed by atoms with Gasteiger partial charge in [0.2, 0.25) is 5.89 Å². The molecule has 1 aromatic heterocycles. The van der Waals surface area contributed by atoms with Crippen LogP contribution < -0.4 is 5.32 Å². The largest absolute Gasteiger partial charge is 0.445 e. The number of hydrogen-bond donors (Lipinski definition) is 1. The SMILES string of the molecule is CCC1(CC)CN(Cc2ncc(C)o2)C(C)CN1. The molecule has 0 saturated carbocycles. The molecular formula is C14H25N3O.